The molecule has 0 radical (unpaired) electrons. The average molecular weight is 225 g/mol. The summed E-state index contributed by atoms with van der Waals surface area (Å²) in [5.74, 6) is 0.398. The van der Waals surface area contributed by atoms with Crippen LogP contribution in [0.4, 0.5) is 5.69 Å². The molecule has 0 spiro atoms. The van der Waals surface area contributed by atoms with Crippen LogP contribution in [0, 0.1) is 0 Å². The van der Waals surface area contributed by atoms with Crippen LogP contribution in [0.25, 0.3) is 0 Å². The van der Waals surface area contributed by atoms with E-state index in [4.69, 9.17) is 5.73 Å². The summed E-state index contributed by atoms with van der Waals surface area (Å²) in [6.07, 6.45) is 0.750. The minimum absolute atomic E-state index is 0.165. The largest absolute Gasteiger partial charge is 0.399 e. The van der Waals surface area contributed by atoms with Crippen molar-refractivity contribution in [3.05, 3.63) is 29.8 Å². The van der Waals surface area contributed by atoms with Gasteiger partial charge in [0.2, 0.25) is 0 Å². The van der Waals surface area contributed by atoms with Crippen molar-refractivity contribution in [3.8, 4) is 0 Å². The van der Waals surface area contributed by atoms with Gasteiger partial charge < -0.3 is 5.73 Å². The number of hydrogen-bond donors (Lipinski definition) is 1. The molecule has 2 atom stereocenters. The Morgan fingerprint density at radius 1 is 1.47 bits per heavy atom. The van der Waals surface area contributed by atoms with E-state index >= 15 is 0 Å². The third-order valence-corrected chi connectivity index (χ3v) is 5.18. The van der Waals surface area contributed by atoms with Crippen LogP contribution >= 0.6 is 0 Å². The molecular formula is C11H15NO2S. The molecule has 0 aromatic heterocycles. The number of sulfone groups is 1. The number of nitrogens with two attached hydrogens (primary N) is 1. The Morgan fingerprint density at radius 2 is 2.20 bits per heavy atom. The zero-order valence-corrected chi connectivity index (χ0v) is 9.50. The predicted octanol–water partition coefficient (Wildman–Crippen LogP) is 1.56. The summed E-state index contributed by atoms with van der Waals surface area (Å²) >= 11 is 0. The molecule has 1 aromatic rings. The summed E-state index contributed by atoms with van der Waals surface area (Å²) in [6.45, 7) is 1.70. The van der Waals surface area contributed by atoms with E-state index in [-0.39, 0.29) is 16.9 Å². The highest BCUT2D eigenvalue weighted by molar-refractivity contribution is 7.92. The van der Waals surface area contributed by atoms with Crippen LogP contribution in [0.1, 0.15) is 24.8 Å². The second-order valence-electron chi connectivity index (χ2n) is 4.00. The van der Waals surface area contributed by atoms with E-state index in [1.54, 1.807) is 6.92 Å². The van der Waals surface area contributed by atoms with Gasteiger partial charge in [0.1, 0.15) is 0 Å². The van der Waals surface area contributed by atoms with Crippen LogP contribution in [0.3, 0.4) is 0 Å². The van der Waals surface area contributed by atoms with Crippen molar-refractivity contribution in [3.63, 3.8) is 0 Å². The first kappa shape index (κ1) is 10.5. The zero-order valence-electron chi connectivity index (χ0n) is 8.68. The summed E-state index contributed by atoms with van der Waals surface area (Å²) in [7, 11) is -2.88. The summed E-state index contributed by atoms with van der Waals surface area (Å²) in [5.41, 5.74) is 7.42. The predicted molar refractivity (Wildman–Crippen MR) is 61.5 cm³/mol. The van der Waals surface area contributed by atoms with Gasteiger partial charge in [0, 0.05) is 17.4 Å². The Hall–Kier alpha value is -1.03. The molecule has 0 saturated heterocycles. The highest BCUT2D eigenvalue weighted by Crippen LogP contribution is 2.46. The van der Waals surface area contributed by atoms with Crippen LogP contribution in [0.2, 0.25) is 0 Å². The first-order valence-corrected chi connectivity index (χ1v) is 6.83. The van der Waals surface area contributed by atoms with Crippen LogP contribution in [-0.2, 0) is 9.84 Å². The fraction of sp³-hybridized carbons (Fsp3) is 0.455. The maximum absolute atomic E-state index is 11.6. The minimum Gasteiger partial charge on any atom is -0.399 e. The number of rotatable bonds is 3. The maximum atomic E-state index is 11.6. The Balaban J connectivity index is 2.18. The Labute approximate surface area is 90.2 Å². The van der Waals surface area contributed by atoms with E-state index in [9.17, 15) is 8.42 Å². The summed E-state index contributed by atoms with van der Waals surface area (Å²) in [6, 6.07) is 7.51. The highest BCUT2D eigenvalue weighted by atomic mass is 32.2. The second-order valence-corrected chi connectivity index (χ2v) is 6.51. The van der Waals surface area contributed by atoms with E-state index < -0.39 is 9.84 Å². The Bertz CT molecular complexity index is 467. The molecule has 0 unspecified atom stereocenters. The molecule has 3 nitrogen and oxygen atoms in total. The number of hydrogen-bond acceptors (Lipinski definition) is 3. The van der Waals surface area contributed by atoms with Crippen LogP contribution in [0.5, 0.6) is 0 Å². The van der Waals surface area contributed by atoms with Gasteiger partial charge >= 0.3 is 0 Å². The molecule has 82 valence electrons. The molecule has 0 aliphatic heterocycles. The standard InChI is InChI=1S/C11H15NO2S/c1-2-15(13,14)11-7-10(11)8-4-3-5-9(12)6-8/h3-6,10-11H,2,7,12H2,1H3/t10-,11+/m0/s1. The first-order chi connectivity index (χ1) is 7.04. The number of benzene rings is 1. The molecule has 0 heterocycles. The second kappa shape index (κ2) is 3.52. The SMILES string of the molecule is CCS(=O)(=O)[C@@H]1C[C@H]1c1cccc(N)c1. The molecule has 15 heavy (non-hydrogen) atoms. The first-order valence-electron chi connectivity index (χ1n) is 5.11. The third kappa shape index (κ3) is 2.00. The normalized spacial score (nSPS) is 25.1. The van der Waals surface area contributed by atoms with Crippen LogP contribution in [0.15, 0.2) is 24.3 Å². The van der Waals surface area contributed by atoms with E-state index in [0.717, 1.165) is 12.0 Å². The van der Waals surface area contributed by atoms with Crippen molar-refractivity contribution in [2.75, 3.05) is 11.5 Å². The molecule has 1 aromatic carbocycles. The molecule has 2 rings (SSSR count). The van der Waals surface area contributed by atoms with Crippen LogP contribution < -0.4 is 5.73 Å². The van der Waals surface area contributed by atoms with Crippen molar-refractivity contribution in [1.82, 2.24) is 0 Å². The van der Waals surface area contributed by atoms with Gasteiger partial charge in [-0.05, 0) is 24.1 Å². The fourth-order valence-electron chi connectivity index (χ4n) is 1.92. The van der Waals surface area contributed by atoms with E-state index in [0.29, 0.717) is 5.69 Å². The smallest absolute Gasteiger partial charge is 0.153 e. The lowest BCUT2D eigenvalue weighted by Gasteiger charge is -2.02. The van der Waals surface area contributed by atoms with E-state index in [1.165, 1.54) is 0 Å². The van der Waals surface area contributed by atoms with E-state index in [1.807, 2.05) is 24.3 Å². The molecular weight excluding hydrogens is 210 g/mol. The fourth-order valence-corrected chi connectivity index (χ4v) is 3.51. The van der Waals surface area contributed by atoms with Crippen molar-refractivity contribution >= 4 is 15.5 Å². The maximum Gasteiger partial charge on any atom is 0.153 e. The van der Waals surface area contributed by atoms with Gasteiger partial charge in [-0.25, -0.2) is 8.42 Å². The average Bonchev–Trinajstić information content (AvgIpc) is 2.98. The lowest BCUT2D eigenvalue weighted by molar-refractivity contribution is 0.595. The van der Waals surface area contributed by atoms with Gasteiger partial charge in [-0.1, -0.05) is 19.1 Å². The van der Waals surface area contributed by atoms with Gasteiger partial charge in [0.05, 0.1) is 5.25 Å². The summed E-state index contributed by atoms with van der Waals surface area (Å²) < 4.78 is 23.2. The Morgan fingerprint density at radius 3 is 2.80 bits per heavy atom. The zero-order chi connectivity index (χ0) is 11.1. The lowest BCUT2D eigenvalue weighted by Crippen LogP contribution is -2.10. The number of nitrogen functional groups attached to an aromatic ring is 1. The topological polar surface area (TPSA) is 60.2 Å². The van der Waals surface area contributed by atoms with Gasteiger partial charge in [-0.2, -0.15) is 0 Å². The Kier molecular flexibility index (Phi) is 2.46. The third-order valence-electron chi connectivity index (χ3n) is 2.93. The van der Waals surface area contributed by atoms with Crippen molar-refractivity contribution in [2.24, 2.45) is 0 Å². The van der Waals surface area contributed by atoms with Gasteiger partial charge in [0.25, 0.3) is 0 Å². The van der Waals surface area contributed by atoms with E-state index in [2.05, 4.69) is 0 Å². The molecule has 0 amide bonds. The summed E-state index contributed by atoms with van der Waals surface area (Å²) in [5, 5.41) is -0.177. The molecule has 0 bridgehead atoms. The van der Waals surface area contributed by atoms with Crippen molar-refractivity contribution in [2.45, 2.75) is 24.5 Å². The van der Waals surface area contributed by atoms with Crippen molar-refractivity contribution < 1.29 is 8.42 Å². The quantitative estimate of drug-likeness (QED) is 0.794. The lowest BCUT2D eigenvalue weighted by atomic mass is 10.1. The molecule has 1 aliphatic carbocycles. The molecule has 2 N–H and O–H groups in total. The molecule has 1 saturated carbocycles. The molecule has 1 fully saturated rings. The van der Waals surface area contributed by atoms with Crippen LogP contribution in [-0.4, -0.2) is 19.4 Å². The molecule has 1 aliphatic rings. The van der Waals surface area contributed by atoms with Crippen molar-refractivity contribution in [1.29, 1.82) is 0 Å². The monoisotopic (exact) mass is 225 g/mol. The number of anilines is 1. The van der Waals surface area contributed by atoms with Gasteiger partial charge in [-0.15, -0.1) is 0 Å². The summed E-state index contributed by atoms with van der Waals surface area (Å²) in [4.78, 5) is 0. The van der Waals surface area contributed by atoms with Gasteiger partial charge in [-0.3, -0.25) is 0 Å². The van der Waals surface area contributed by atoms with Gasteiger partial charge in [0.15, 0.2) is 9.84 Å². The highest BCUT2D eigenvalue weighted by Gasteiger charge is 2.46. The molecule has 4 heteroatoms. The minimum atomic E-state index is -2.88.